The van der Waals surface area contributed by atoms with Crippen LogP contribution in [0.5, 0.6) is 11.5 Å². The van der Waals surface area contributed by atoms with Crippen LogP contribution in [0.1, 0.15) is 39.3 Å². The number of likely N-dealkylation sites (N-methyl/N-ethyl adjacent to an activating group) is 1. The highest BCUT2D eigenvalue weighted by molar-refractivity contribution is 5.42. The molecule has 1 aromatic rings. The van der Waals surface area contributed by atoms with Gasteiger partial charge >= 0.3 is 0 Å². The summed E-state index contributed by atoms with van der Waals surface area (Å²) in [5, 5.41) is 3.53. The Labute approximate surface area is 128 Å². The minimum Gasteiger partial charge on any atom is -0.497 e. The van der Waals surface area contributed by atoms with Gasteiger partial charge in [-0.15, -0.1) is 0 Å². The summed E-state index contributed by atoms with van der Waals surface area (Å²) in [6, 6.07) is 5.96. The molecule has 2 unspecified atom stereocenters. The van der Waals surface area contributed by atoms with E-state index in [9.17, 15) is 0 Å². The van der Waals surface area contributed by atoms with Gasteiger partial charge in [-0.1, -0.05) is 20.8 Å². The van der Waals surface area contributed by atoms with E-state index in [0.717, 1.165) is 23.6 Å². The van der Waals surface area contributed by atoms with Gasteiger partial charge in [0.2, 0.25) is 0 Å². The second-order valence-corrected chi connectivity index (χ2v) is 5.31. The second-order valence-electron chi connectivity index (χ2n) is 5.31. The molecule has 0 saturated heterocycles. The van der Waals surface area contributed by atoms with Crippen molar-refractivity contribution >= 4 is 0 Å². The largest absolute Gasteiger partial charge is 0.497 e. The molecule has 0 aromatic heterocycles. The molecule has 120 valence electrons. The molecular formula is C17H29NO3. The first-order valence-corrected chi connectivity index (χ1v) is 7.65. The molecule has 1 aromatic carbocycles. The molecule has 0 heterocycles. The van der Waals surface area contributed by atoms with E-state index >= 15 is 0 Å². The summed E-state index contributed by atoms with van der Waals surface area (Å²) >= 11 is 0. The van der Waals surface area contributed by atoms with Crippen LogP contribution < -0.4 is 14.8 Å². The van der Waals surface area contributed by atoms with Crippen molar-refractivity contribution in [2.75, 3.05) is 27.4 Å². The van der Waals surface area contributed by atoms with Gasteiger partial charge in [-0.2, -0.15) is 0 Å². The van der Waals surface area contributed by atoms with E-state index in [4.69, 9.17) is 14.2 Å². The molecule has 4 heteroatoms. The van der Waals surface area contributed by atoms with Gasteiger partial charge < -0.3 is 19.5 Å². The molecule has 21 heavy (non-hydrogen) atoms. The zero-order chi connectivity index (χ0) is 15.8. The van der Waals surface area contributed by atoms with Gasteiger partial charge in [0.1, 0.15) is 11.5 Å². The number of benzene rings is 1. The second kappa shape index (κ2) is 8.90. The van der Waals surface area contributed by atoms with Crippen molar-refractivity contribution in [2.45, 2.75) is 39.8 Å². The number of hydrogen-bond donors (Lipinski definition) is 1. The van der Waals surface area contributed by atoms with Crippen LogP contribution in [-0.2, 0) is 4.74 Å². The molecule has 0 spiro atoms. The molecule has 0 aliphatic heterocycles. The molecule has 4 nitrogen and oxygen atoms in total. The van der Waals surface area contributed by atoms with Crippen molar-refractivity contribution in [1.82, 2.24) is 5.32 Å². The summed E-state index contributed by atoms with van der Waals surface area (Å²) in [6.07, 6.45) is 0.0796. The Morgan fingerprint density at radius 3 is 2.29 bits per heavy atom. The Morgan fingerprint density at radius 1 is 1.10 bits per heavy atom. The maximum Gasteiger partial charge on any atom is 0.124 e. The van der Waals surface area contributed by atoms with E-state index in [1.165, 1.54) is 0 Å². The monoisotopic (exact) mass is 295 g/mol. The summed E-state index contributed by atoms with van der Waals surface area (Å²) in [7, 11) is 3.37. The Bertz CT molecular complexity index is 420. The third kappa shape index (κ3) is 4.61. The Kier molecular flexibility index (Phi) is 7.54. The number of ether oxygens (including phenoxy) is 3. The van der Waals surface area contributed by atoms with Crippen molar-refractivity contribution in [1.29, 1.82) is 0 Å². The van der Waals surface area contributed by atoms with Crippen LogP contribution in [-0.4, -0.2) is 33.5 Å². The molecule has 0 aliphatic rings. The molecular weight excluding hydrogens is 266 g/mol. The first kappa shape index (κ1) is 17.8. The first-order chi connectivity index (χ1) is 10.1. The molecule has 0 radical (unpaired) electrons. The lowest BCUT2D eigenvalue weighted by Crippen LogP contribution is -2.37. The highest BCUT2D eigenvalue weighted by Gasteiger charge is 2.28. The van der Waals surface area contributed by atoms with Gasteiger partial charge in [-0.25, -0.2) is 0 Å². The number of nitrogens with one attached hydrogen (secondary N) is 1. The highest BCUT2D eigenvalue weighted by Crippen LogP contribution is 2.34. The number of hydrogen-bond acceptors (Lipinski definition) is 4. The molecule has 0 aliphatic carbocycles. The van der Waals surface area contributed by atoms with Gasteiger partial charge in [0.15, 0.2) is 0 Å². The standard InChI is InChI=1S/C17H29NO3/c1-7-18-16(17(12(3)4)21-8-2)14-11-13(19-5)9-10-15(14)20-6/h9-12,16-18H,7-8H2,1-6H3. The van der Waals surface area contributed by atoms with Gasteiger partial charge in [0, 0.05) is 12.2 Å². The molecule has 2 atom stereocenters. The van der Waals surface area contributed by atoms with Gasteiger partial charge in [-0.05, 0) is 37.6 Å². The Balaban J connectivity index is 3.24. The summed E-state index contributed by atoms with van der Waals surface area (Å²) in [5.74, 6) is 2.07. The Hall–Kier alpha value is -1.26. The van der Waals surface area contributed by atoms with E-state index in [1.807, 2.05) is 25.1 Å². The maximum absolute atomic E-state index is 5.99. The van der Waals surface area contributed by atoms with Crippen LogP contribution in [0.4, 0.5) is 0 Å². The van der Waals surface area contributed by atoms with E-state index in [1.54, 1.807) is 14.2 Å². The summed E-state index contributed by atoms with van der Waals surface area (Å²) < 4.78 is 16.9. The molecule has 0 amide bonds. The molecule has 0 saturated carbocycles. The molecule has 0 fully saturated rings. The van der Waals surface area contributed by atoms with E-state index in [-0.39, 0.29) is 12.1 Å². The fraction of sp³-hybridized carbons (Fsp3) is 0.647. The van der Waals surface area contributed by atoms with Crippen LogP contribution in [0, 0.1) is 5.92 Å². The molecule has 1 N–H and O–H groups in total. The summed E-state index contributed by atoms with van der Waals surface area (Å²) in [5.41, 5.74) is 1.07. The van der Waals surface area contributed by atoms with Crippen LogP contribution in [0.15, 0.2) is 18.2 Å². The predicted molar refractivity (Wildman–Crippen MR) is 86.2 cm³/mol. The zero-order valence-corrected chi connectivity index (χ0v) is 14.1. The average Bonchev–Trinajstić information content (AvgIpc) is 2.49. The maximum atomic E-state index is 5.99. The lowest BCUT2D eigenvalue weighted by molar-refractivity contribution is 0.00263. The van der Waals surface area contributed by atoms with Crippen LogP contribution in [0.25, 0.3) is 0 Å². The Morgan fingerprint density at radius 2 is 1.81 bits per heavy atom. The van der Waals surface area contributed by atoms with Crippen molar-refractivity contribution in [3.63, 3.8) is 0 Å². The smallest absolute Gasteiger partial charge is 0.124 e. The van der Waals surface area contributed by atoms with E-state index in [2.05, 4.69) is 26.1 Å². The molecule has 0 bridgehead atoms. The van der Waals surface area contributed by atoms with Crippen molar-refractivity contribution in [2.24, 2.45) is 5.92 Å². The zero-order valence-electron chi connectivity index (χ0n) is 14.1. The van der Waals surface area contributed by atoms with Crippen LogP contribution in [0.3, 0.4) is 0 Å². The lowest BCUT2D eigenvalue weighted by atomic mass is 9.92. The average molecular weight is 295 g/mol. The molecule has 1 rings (SSSR count). The third-order valence-electron chi connectivity index (χ3n) is 3.54. The van der Waals surface area contributed by atoms with Crippen molar-refractivity contribution < 1.29 is 14.2 Å². The van der Waals surface area contributed by atoms with E-state index in [0.29, 0.717) is 12.5 Å². The minimum absolute atomic E-state index is 0.0694. The van der Waals surface area contributed by atoms with Gasteiger partial charge in [0.25, 0.3) is 0 Å². The fourth-order valence-corrected chi connectivity index (χ4v) is 2.57. The van der Waals surface area contributed by atoms with E-state index < -0.39 is 0 Å². The van der Waals surface area contributed by atoms with Crippen molar-refractivity contribution in [3.8, 4) is 11.5 Å². The highest BCUT2D eigenvalue weighted by atomic mass is 16.5. The predicted octanol–water partition coefficient (Wildman–Crippen LogP) is 3.42. The third-order valence-corrected chi connectivity index (χ3v) is 3.54. The van der Waals surface area contributed by atoms with Gasteiger partial charge in [0.05, 0.1) is 26.4 Å². The van der Waals surface area contributed by atoms with Crippen LogP contribution >= 0.6 is 0 Å². The normalized spacial score (nSPS) is 14.0. The number of methoxy groups -OCH3 is 2. The van der Waals surface area contributed by atoms with Crippen molar-refractivity contribution in [3.05, 3.63) is 23.8 Å². The fourth-order valence-electron chi connectivity index (χ4n) is 2.57. The SMILES string of the molecule is CCNC(c1cc(OC)ccc1OC)C(OCC)C(C)C. The minimum atomic E-state index is 0.0694. The quantitative estimate of drug-likeness (QED) is 0.758. The number of rotatable bonds is 9. The van der Waals surface area contributed by atoms with Crippen LogP contribution in [0.2, 0.25) is 0 Å². The lowest BCUT2D eigenvalue weighted by Gasteiger charge is -2.32. The topological polar surface area (TPSA) is 39.7 Å². The van der Waals surface area contributed by atoms with Gasteiger partial charge in [-0.3, -0.25) is 0 Å². The summed E-state index contributed by atoms with van der Waals surface area (Å²) in [6.45, 7) is 10.0. The summed E-state index contributed by atoms with van der Waals surface area (Å²) in [4.78, 5) is 0. The first-order valence-electron chi connectivity index (χ1n) is 7.65.